The zero-order valence-electron chi connectivity index (χ0n) is 15.7. The summed E-state index contributed by atoms with van der Waals surface area (Å²) in [6.07, 6.45) is 9.87. The normalized spacial score (nSPS) is 23.0. The van der Waals surface area contributed by atoms with Gasteiger partial charge in [-0.05, 0) is 62.6 Å². The van der Waals surface area contributed by atoms with E-state index < -0.39 is 0 Å². The molecule has 0 aliphatic heterocycles. The van der Waals surface area contributed by atoms with E-state index in [1.54, 1.807) is 0 Å². The van der Waals surface area contributed by atoms with Gasteiger partial charge in [-0.25, -0.2) is 0 Å². The van der Waals surface area contributed by atoms with Crippen molar-refractivity contribution >= 4 is 5.97 Å². The third-order valence-electron chi connectivity index (χ3n) is 5.45. The maximum atomic E-state index is 12.4. The molecule has 0 aromatic heterocycles. The van der Waals surface area contributed by atoms with Crippen molar-refractivity contribution < 1.29 is 9.53 Å². The molecular weight excluding hydrogens is 310 g/mol. The molecule has 1 saturated carbocycles. The van der Waals surface area contributed by atoms with Gasteiger partial charge in [0.1, 0.15) is 5.75 Å². The van der Waals surface area contributed by atoms with Crippen LogP contribution >= 0.6 is 0 Å². The Morgan fingerprint density at radius 2 is 1.84 bits per heavy atom. The molecule has 3 heteroatoms. The van der Waals surface area contributed by atoms with Crippen molar-refractivity contribution in [3.05, 3.63) is 29.8 Å². The number of carbonyl (C=O) groups excluding carboxylic acids is 1. The number of carbonyl (C=O) groups is 1. The Hall–Kier alpha value is -1.82. The number of nitriles is 1. The van der Waals surface area contributed by atoms with Crippen LogP contribution in [0.25, 0.3) is 0 Å². The zero-order chi connectivity index (χ0) is 18.1. The van der Waals surface area contributed by atoms with Gasteiger partial charge in [-0.15, -0.1) is 0 Å². The fraction of sp³-hybridized carbons (Fsp3) is 0.636. The highest BCUT2D eigenvalue weighted by atomic mass is 16.5. The van der Waals surface area contributed by atoms with Crippen LogP contribution in [0.15, 0.2) is 24.3 Å². The van der Waals surface area contributed by atoms with Gasteiger partial charge < -0.3 is 4.74 Å². The maximum Gasteiger partial charge on any atom is 0.314 e. The highest BCUT2D eigenvalue weighted by Gasteiger charge is 2.37. The van der Waals surface area contributed by atoms with Crippen LogP contribution in [0, 0.1) is 22.7 Å². The van der Waals surface area contributed by atoms with Crippen molar-refractivity contribution in [2.45, 2.75) is 78.1 Å². The van der Waals surface area contributed by atoms with E-state index in [0.717, 1.165) is 44.9 Å². The maximum absolute atomic E-state index is 12.4. The van der Waals surface area contributed by atoms with Gasteiger partial charge >= 0.3 is 5.97 Å². The molecule has 0 amide bonds. The average Bonchev–Trinajstić information content (AvgIpc) is 2.64. The van der Waals surface area contributed by atoms with E-state index in [0.29, 0.717) is 5.75 Å². The predicted octanol–water partition coefficient (Wildman–Crippen LogP) is 5.82. The lowest BCUT2D eigenvalue weighted by Gasteiger charge is -2.33. The van der Waals surface area contributed by atoms with Crippen LogP contribution in [0.5, 0.6) is 5.75 Å². The molecule has 1 aliphatic carbocycles. The number of unbranched alkanes of at least 4 members (excludes halogenated alkanes) is 2. The van der Waals surface area contributed by atoms with Crippen molar-refractivity contribution in [1.29, 1.82) is 5.26 Å². The van der Waals surface area contributed by atoms with E-state index in [1.807, 2.05) is 12.1 Å². The Bertz CT molecular complexity index is 577. The summed E-state index contributed by atoms with van der Waals surface area (Å²) in [5.74, 6) is 0.430. The lowest BCUT2D eigenvalue weighted by Crippen LogP contribution is -2.31. The summed E-state index contributed by atoms with van der Waals surface area (Å²) in [5, 5.41) is 9.47. The molecule has 1 aromatic carbocycles. The smallest absolute Gasteiger partial charge is 0.314 e. The predicted molar refractivity (Wildman–Crippen MR) is 100 cm³/mol. The highest BCUT2D eigenvalue weighted by Crippen LogP contribution is 2.42. The Labute approximate surface area is 152 Å². The minimum atomic E-state index is -0.217. The molecule has 0 N–H and O–H groups in total. The van der Waals surface area contributed by atoms with Crippen LogP contribution < -0.4 is 4.74 Å². The first kappa shape index (κ1) is 19.5. The van der Waals surface area contributed by atoms with Crippen molar-refractivity contribution in [1.82, 2.24) is 0 Å². The van der Waals surface area contributed by atoms with E-state index in [1.165, 1.54) is 24.8 Å². The minimum Gasteiger partial charge on any atom is -0.426 e. The number of ether oxygens (including phenoxy) is 1. The summed E-state index contributed by atoms with van der Waals surface area (Å²) in [5.41, 5.74) is 1.08. The van der Waals surface area contributed by atoms with Crippen LogP contribution in [-0.2, 0) is 11.2 Å². The topological polar surface area (TPSA) is 50.1 Å². The summed E-state index contributed by atoms with van der Waals surface area (Å²) in [4.78, 5) is 12.4. The molecule has 0 unspecified atom stereocenters. The van der Waals surface area contributed by atoms with Gasteiger partial charge in [-0.1, -0.05) is 45.2 Å². The number of hydrogen-bond acceptors (Lipinski definition) is 3. The lowest BCUT2D eigenvalue weighted by atomic mass is 9.69. The second-order valence-corrected chi connectivity index (χ2v) is 7.44. The summed E-state index contributed by atoms with van der Waals surface area (Å²) < 4.78 is 5.57. The Morgan fingerprint density at radius 3 is 2.40 bits per heavy atom. The first-order chi connectivity index (χ1) is 12.1. The van der Waals surface area contributed by atoms with E-state index in [9.17, 15) is 10.1 Å². The summed E-state index contributed by atoms with van der Waals surface area (Å²) in [7, 11) is 0. The molecule has 0 saturated heterocycles. The standard InChI is InChI=1S/C22H31NO2/c1-3-5-6-7-18-8-10-20(11-9-18)25-21(24)19-12-15-22(17-23,14-4-2)16-13-19/h8-11,19H,3-7,12-16H2,1-2H3. The fourth-order valence-corrected chi connectivity index (χ4v) is 3.81. The van der Waals surface area contributed by atoms with Gasteiger partial charge in [-0.2, -0.15) is 5.26 Å². The van der Waals surface area contributed by atoms with Crippen LogP contribution in [-0.4, -0.2) is 5.97 Å². The first-order valence-electron chi connectivity index (χ1n) is 9.84. The molecule has 1 aliphatic rings. The average molecular weight is 341 g/mol. The molecule has 0 bridgehead atoms. The molecule has 3 nitrogen and oxygen atoms in total. The number of aryl methyl sites for hydroxylation is 1. The first-order valence-corrected chi connectivity index (χ1v) is 9.84. The Balaban J connectivity index is 1.83. The molecule has 0 radical (unpaired) electrons. The van der Waals surface area contributed by atoms with Crippen molar-refractivity contribution in [2.24, 2.45) is 11.3 Å². The van der Waals surface area contributed by atoms with Gasteiger partial charge in [0.2, 0.25) is 0 Å². The van der Waals surface area contributed by atoms with Crippen LogP contribution in [0.4, 0.5) is 0 Å². The summed E-state index contributed by atoms with van der Waals surface area (Å²) in [6, 6.07) is 10.4. The second-order valence-electron chi connectivity index (χ2n) is 7.44. The molecule has 136 valence electrons. The summed E-state index contributed by atoms with van der Waals surface area (Å²) in [6.45, 7) is 4.32. The molecule has 25 heavy (non-hydrogen) atoms. The number of esters is 1. The van der Waals surface area contributed by atoms with Crippen molar-refractivity contribution in [2.75, 3.05) is 0 Å². The Kier molecular flexibility index (Phi) is 7.50. The molecule has 1 fully saturated rings. The van der Waals surface area contributed by atoms with Gasteiger partial charge in [-0.3, -0.25) is 4.79 Å². The number of benzene rings is 1. The number of rotatable bonds is 8. The number of hydrogen-bond donors (Lipinski definition) is 0. The van der Waals surface area contributed by atoms with E-state index in [-0.39, 0.29) is 17.3 Å². The SMILES string of the molecule is CCCCCc1ccc(OC(=O)C2CCC(C#N)(CCC)CC2)cc1. The number of nitrogens with zero attached hydrogens (tertiary/aromatic N) is 1. The van der Waals surface area contributed by atoms with Crippen LogP contribution in [0.2, 0.25) is 0 Å². The van der Waals surface area contributed by atoms with Crippen molar-refractivity contribution in [3.8, 4) is 11.8 Å². The second kappa shape index (κ2) is 9.61. The monoisotopic (exact) mass is 341 g/mol. The van der Waals surface area contributed by atoms with E-state index >= 15 is 0 Å². The third-order valence-corrected chi connectivity index (χ3v) is 5.45. The van der Waals surface area contributed by atoms with Gasteiger partial charge in [0, 0.05) is 0 Å². The quantitative estimate of drug-likeness (QED) is 0.340. The molecule has 0 spiro atoms. The summed E-state index contributed by atoms with van der Waals surface area (Å²) >= 11 is 0. The van der Waals surface area contributed by atoms with E-state index in [4.69, 9.17) is 4.74 Å². The van der Waals surface area contributed by atoms with Crippen LogP contribution in [0.3, 0.4) is 0 Å². The molecular formula is C22H31NO2. The highest BCUT2D eigenvalue weighted by molar-refractivity contribution is 5.75. The van der Waals surface area contributed by atoms with Gasteiger partial charge in [0.05, 0.1) is 17.4 Å². The molecule has 2 rings (SSSR count). The molecule has 0 heterocycles. The fourth-order valence-electron chi connectivity index (χ4n) is 3.81. The van der Waals surface area contributed by atoms with Crippen molar-refractivity contribution in [3.63, 3.8) is 0 Å². The van der Waals surface area contributed by atoms with Gasteiger partial charge in [0.15, 0.2) is 0 Å². The zero-order valence-corrected chi connectivity index (χ0v) is 15.7. The van der Waals surface area contributed by atoms with Gasteiger partial charge in [0.25, 0.3) is 0 Å². The minimum absolute atomic E-state index is 0.0671. The Morgan fingerprint density at radius 1 is 1.16 bits per heavy atom. The largest absolute Gasteiger partial charge is 0.426 e. The third kappa shape index (κ3) is 5.59. The van der Waals surface area contributed by atoms with E-state index in [2.05, 4.69) is 32.0 Å². The molecule has 0 atom stereocenters. The molecule has 1 aromatic rings. The lowest BCUT2D eigenvalue weighted by molar-refractivity contribution is -0.140. The van der Waals surface area contributed by atoms with Crippen LogP contribution in [0.1, 0.15) is 77.2 Å².